The highest BCUT2D eigenvalue weighted by molar-refractivity contribution is 5.86. The lowest BCUT2D eigenvalue weighted by atomic mass is 10.0. The van der Waals surface area contributed by atoms with Gasteiger partial charge in [0.25, 0.3) is 0 Å². The van der Waals surface area contributed by atoms with Gasteiger partial charge in [0.1, 0.15) is 6.04 Å². The molecule has 2 rings (SSSR count). The van der Waals surface area contributed by atoms with Crippen LogP contribution in [0.1, 0.15) is 19.4 Å². The summed E-state index contributed by atoms with van der Waals surface area (Å²) in [6, 6.07) is 8.20. The van der Waals surface area contributed by atoms with E-state index in [1.54, 1.807) is 10.9 Å². The normalized spacial score (nSPS) is 12.0. The molecule has 122 valence electrons. The fourth-order valence-electron chi connectivity index (χ4n) is 2.18. The minimum Gasteiger partial charge on any atom is -0.352 e. The van der Waals surface area contributed by atoms with Crippen molar-refractivity contribution in [1.82, 2.24) is 20.4 Å². The quantitative estimate of drug-likeness (QED) is 0.746. The molecular weight excluding hydrogens is 294 g/mol. The average Bonchev–Trinajstić information content (AvgIpc) is 3.04. The fourth-order valence-corrected chi connectivity index (χ4v) is 2.18. The Labute approximate surface area is 134 Å². The summed E-state index contributed by atoms with van der Waals surface area (Å²) >= 11 is 0. The van der Waals surface area contributed by atoms with Crippen LogP contribution in [0.15, 0.2) is 42.7 Å². The van der Waals surface area contributed by atoms with Gasteiger partial charge in [0, 0.05) is 18.9 Å². The molecule has 1 unspecified atom stereocenters. The molecule has 4 N–H and O–H groups in total. The maximum absolute atomic E-state index is 12.2. The van der Waals surface area contributed by atoms with Crippen molar-refractivity contribution in [2.45, 2.75) is 26.4 Å². The Morgan fingerprint density at radius 3 is 2.48 bits per heavy atom. The van der Waals surface area contributed by atoms with E-state index in [0.717, 1.165) is 11.3 Å². The third-order valence-electron chi connectivity index (χ3n) is 3.42. The SMILES string of the molecule is CC(C)C(NC(N)=O)C(=O)NCc1ccc(-n2cccn2)cc1. The van der Waals surface area contributed by atoms with E-state index in [2.05, 4.69) is 15.7 Å². The highest BCUT2D eigenvalue weighted by atomic mass is 16.2. The molecule has 3 amide bonds. The van der Waals surface area contributed by atoms with Crippen molar-refractivity contribution < 1.29 is 9.59 Å². The summed E-state index contributed by atoms with van der Waals surface area (Å²) in [5.41, 5.74) is 7.00. The van der Waals surface area contributed by atoms with Gasteiger partial charge in [0.2, 0.25) is 5.91 Å². The lowest BCUT2D eigenvalue weighted by molar-refractivity contribution is -0.124. The molecule has 2 aromatic rings. The van der Waals surface area contributed by atoms with E-state index in [4.69, 9.17) is 5.73 Å². The molecule has 1 atom stereocenters. The van der Waals surface area contributed by atoms with Crippen molar-refractivity contribution in [3.63, 3.8) is 0 Å². The van der Waals surface area contributed by atoms with Crippen molar-refractivity contribution in [1.29, 1.82) is 0 Å². The molecule has 0 radical (unpaired) electrons. The smallest absolute Gasteiger partial charge is 0.312 e. The molecular formula is C16H21N5O2. The third kappa shape index (κ3) is 4.57. The van der Waals surface area contributed by atoms with Crippen LogP contribution in [0.4, 0.5) is 4.79 Å². The summed E-state index contributed by atoms with van der Waals surface area (Å²) in [6.45, 7) is 4.07. The van der Waals surface area contributed by atoms with Crippen molar-refractivity contribution in [2.75, 3.05) is 0 Å². The Bertz CT molecular complexity index is 650. The molecule has 0 fully saturated rings. The molecule has 0 bridgehead atoms. The van der Waals surface area contributed by atoms with Gasteiger partial charge >= 0.3 is 6.03 Å². The van der Waals surface area contributed by atoms with E-state index in [9.17, 15) is 9.59 Å². The van der Waals surface area contributed by atoms with Crippen LogP contribution in [0.5, 0.6) is 0 Å². The Balaban J connectivity index is 1.94. The number of urea groups is 1. The van der Waals surface area contributed by atoms with Gasteiger partial charge in [0.05, 0.1) is 5.69 Å². The van der Waals surface area contributed by atoms with Gasteiger partial charge < -0.3 is 16.4 Å². The fraction of sp³-hybridized carbons (Fsp3) is 0.312. The highest BCUT2D eigenvalue weighted by Gasteiger charge is 2.22. The highest BCUT2D eigenvalue weighted by Crippen LogP contribution is 2.09. The molecule has 1 aromatic heterocycles. The predicted molar refractivity (Wildman–Crippen MR) is 86.8 cm³/mol. The topological polar surface area (TPSA) is 102 Å². The minimum absolute atomic E-state index is 0.0512. The molecule has 1 aromatic carbocycles. The van der Waals surface area contributed by atoms with Crippen molar-refractivity contribution in [3.8, 4) is 5.69 Å². The molecule has 1 heterocycles. The number of carbonyl (C=O) groups excluding carboxylic acids is 2. The van der Waals surface area contributed by atoms with Crippen LogP contribution in [0, 0.1) is 5.92 Å². The number of aromatic nitrogens is 2. The number of nitrogens with zero attached hydrogens (tertiary/aromatic N) is 2. The predicted octanol–water partition coefficient (Wildman–Crippen LogP) is 1.18. The average molecular weight is 315 g/mol. The summed E-state index contributed by atoms with van der Waals surface area (Å²) in [6.07, 6.45) is 3.57. The monoisotopic (exact) mass is 315 g/mol. The van der Waals surface area contributed by atoms with Crippen molar-refractivity contribution in [2.24, 2.45) is 11.7 Å². The number of benzene rings is 1. The number of primary amides is 1. The molecule has 7 nitrogen and oxygen atoms in total. The van der Waals surface area contributed by atoms with Crippen molar-refractivity contribution >= 4 is 11.9 Å². The van der Waals surface area contributed by atoms with E-state index in [1.807, 2.05) is 50.4 Å². The number of carbonyl (C=O) groups is 2. The van der Waals surface area contributed by atoms with E-state index >= 15 is 0 Å². The molecule has 0 spiro atoms. The lowest BCUT2D eigenvalue weighted by Crippen LogP contribution is -2.51. The van der Waals surface area contributed by atoms with E-state index in [0.29, 0.717) is 6.54 Å². The molecule has 0 saturated carbocycles. The summed E-state index contributed by atoms with van der Waals surface area (Å²) in [5, 5.41) is 9.42. The van der Waals surface area contributed by atoms with Gasteiger partial charge in [0.15, 0.2) is 0 Å². The largest absolute Gasteiger partial charge is 0.352 e. The summed E-state index contributed by atoms with van der Waals surface area (Å²) < 4.78 is 1.76. The first-order chi connectivity index (χ1) is 11.0. The van der Waals surface area contributed by atoms with Crippen LogP contribution in [0.3, 0.4) is 0 Å². The molecule has 0 aliphatic carbocycles. The Morgan fingerprint density at radius 2 is 1.96 bits per heavy atom. The van der Waals surface area contributed by atoms with Crippen molar-refractivity contribution in [3.05, 3.63) is 48.3 Å². The Morgan fingerprint density at radius 1 is 1.26 bits per heavy atom. The molecule has 0 saturated heterocycles. The van der Waals surface area contributed by atoms with E-state index in [1.165, 1.54) is 0 Å². The van der Waals surface area contributed by atoms with Crippen LogP contribution in [0.25, 0.3) is 5.69 Å². The first kappa shape index (κ1) is 16.5. The zero-order valence-electron chi connectivity index (χ0n) is 13.2. The van der Waals surface area contributed by atoms with E-state index < -0.39 is 12.1 Å². The molecule has 7 heteroatoms. The second-order valence-corrected chi connectivity index (χ2v) is 5.57. The third-order valence-corrected chi connectivity index (χ3v) is 3.42. The maximum atomic E-state index is 12.2. The maximum Gasteiger partial charge on any atom is 0.312 e. The Kier molecular flexibility index (Phi) is 5.35. The lowest BCUT2D eigenvalue weighted by Gasteiger charge is -2.20. The number of nitrogens with one attached hydrogen (secondary N) is 2. The first-order valence-corrected chi connectivity index (χ1v) is 7.40. The zero-order chi connectivity index (χ0) is 16.8. The van der Waals surface area contributed by atoms with Crippen LogP contribution < -0.4 is 16.4 Å². The van der Waals surface area contributed by atoms with Gasteiger partial charge in [-0.15, -0.1) is 0 Å². The number of nitrogens with two attached hydrogens (primary N) is 1. The molecule has 0 aliphatic rings. The van der Waals surface area contributed by atoms with Crippen LogP contribution in [0.2, 0.25) is 0 Å². The van der Waals surface area contributed by atoms with Gasteiger partial charge in [-0.05, 0) is 29.7 Å². The van der Waals surface area contributed by atoms with Crippen LogP contribution in [-0.2, 0) is 11.3 Å². The van der Waals surface area contributed by atoms with Crippen LogP contribution in [-0.4, -0.2) is 27.8 Å². The summed E-state index contributed by atoms with van der Waals surface area (Å²) in [4.78, 5) is 23.1. The van der Waals surface area contributed by atoms with Gasteiger partial charge in [-0.3, -0.25) is 4.79 Å². The standard InChI is InChI=1S/C16H21N5O2/c1-11(2)14(20-16(17)23)15(22)18-10-12-4-6-13(7-5-12)21-9-3-8-19-21/h3-9,11,14H,10H2,1-2H3,(H,18,22)(H3,17,20,23). The van der Waals surface area contributed by atoms with E-state index in [-0.39, 0.29) is 11.8 Å². The molecule has 0 aliphatic heterocycles. The first-order valence-electron chi connectivity index (χ1n) is 7.40. The Hall–Kier alpha value is -2.83. The minimum atomic E-state index is -0.706. The second-order valence-electron chi connectivity index (χ2n) is 5.57. The summed E-state index contributed by atoms with van der Waals surface area (Å²) in [7, 11) is 0. The van der Waals surface area contributed by atoms with Crippen LogP contribution >= 0.6 is 0 Å². The van der Waals surface area contributed by atoms with Gasteiger partial charge in [-0.2, -0.15) is 5.10 Å². The summed E-state index contributed by atoms with van der Waals surface area (Å²) in [5.74, 6) is -0.306. The number of hydrogen-bond acceptors (Lipinski definition) is 3. The van der Waals surface area contributed by atoms with Gasteiger partial charge in [-0.1, -0.05) is 26.0 Å². The second kappa shape index (κ2) is 7.44. The number of hydrogen-bond donors (Lipinski definition) is 3. The number of amides is 3. The number of rotatable bonds is 6. The zero-order valence-corrected chi connectivity index (χ0v) is 13.2. The molecule has 23 heavy (non-hydrogen) atoms. The van der Waals surface area contributed by atoms with Gasteiger partial charge in [-0.25, -0.2) is 9.48 Å².